The lowest BCUT2D eigenvalue weighted by molar-refractivity contribution is 0.331. The van der Waals surface area contributed by atoms with Crippen molar-refractivity contribution in [1.82, 2.24) is 23.4 Å². The Balaban J connectivity index is 1.59. The Morgan fingerprint density at radius 3 is 2.46 bits per heavy atom. The Morgan fingerprint density at radius 1 is 1.18 bits per heavy atom. The molecular formula is C18H28N6O3S. The summed E-state index contributed by atoms with van der Waals surface area (Å²) in [4.78, 5) is 22.0. The zero-order chi connectivity index (χ0) is 19.9. The maximum Gasteiger partial charge on any atom is 0.330 e. The predicted octanol–water partition coefficient (Wildman–Crippen LogP) is 1.56. The zero-order valence-corrected chi connectivity index (χ0v) is 17.3. The number of sulfonamides is 1. The minimum absolute atomic E-state index is 0.00249. The molecule has 28 heavy (non-hydrogen) atoms. The van der Waals surface area contributed by atoms with Gasteiger partial charge in [0, 0.05) is 31.7 Å². The van der Waals surface area contributed by atoms with Crippen LogP contribution < -0.4 is 11.0 Å². The smallest absolute Gasteiger partial charge is 0.330 e. The Morgan fingerprint density at radius 2 is 1.86 bits per heavy atom. The number of hydrogen-bond acceptors (Lipinski definition) is 6. The van der Waals surface area contributed by atoms with Crippen LogP contribution >= 0.6 is 0 Å². The van der Waals surface area contributed by atoms with Crippen molar-refractivity contribution in [3.05, 3.63) is 16.7 Å². The molecule has 0 unspecified atom stereocenters. The van der Waals surface area contributed by atoms with Gasteiger partial charge in [-0.05, 0) is 32.6 Å². The second-order valence-electron chi connectivity index (χ2n) is 7.82. The molecule has 2 aromatic heterocycles. The number of nitrogens with zero attached hydrogens (tertiary/aromatic N) is 5. The van der Waals surface area contributed by atoms with E-state index in [0.29, 0.717) is 44.1 Å². The standard InChI is InChI=1S/C18H28N6O3S/c1-3-23-15-12-19-17(20-13-8-10-22(11-9-13)28(2,26)27)21-16(15)24(18(23)25)14-6-4-5-7-14/h12-14H,3-11H2,1-2H3,(H,19,20,21). The Kier molecular flexibility index (Phi) is 5.17. The van der Waals surface area contributed by atoms with Crippen LogP contribution in [0.2, 0.25) is 0 Å². The van der Waals surface area contributed by atoms with Crippen molar-refractivity contribution < 1.29 is 8.42 Å². The van der Waals surface area contributed by atoms with Crippen molar-refractivity contribution in [2.75, 3.05) is 24.7 Å². The monoisotopic (exact) mass is 408 g/mol. The fourth-order valence-electron chi connectivity index (χ4n) is 4.44. The van der Waals surface area contributed by atoms with Crippen molar-refractivity contribution >= 4 is 27.1 Å². The molecule has 3 heterocycles. The molecule has 1 saturated carbocycles. The summed E-state index contributed by atoms with van der Waals surface area (Å²) in [6.07, 6.45) is 8.71. The first kappa shape index (κ1) is 19.4. The van der Waals surface area contributed by atoms with Gasteiger partial charge in [-0.25, -0.2) is 22.5 Å². The van der Waals surface area contributed by atoms with Gasteiger partial charge in [-0.3, -0.25) is 9.13 Å². The number of aromatic nitrogens is 4. The van der Waals surface area contributed by atoms with E-state index in [9.17, 15) is 13.2 Å². The molecule has 154 valence electrons. The van der Waals surface area contributed by atoms with Crippen LogP contribution in [0.1, 0.15) is 51.5 Å². The van der Waals surface area contributed by atoms with Gasteiger partial charge < -0.3 is 5.32 Å². The van der Waals surface area contributed by atoms with Crippen LogP contribution in [-0.2, 0) is 16.6 Å². The van der Waals surface area contributed by atoms with Gasteiger partial charge in [-0.2, -0.15) is 4.98 Å². The van der Waals surface area contributed by atoms with Crippen LogP contribution in [0.4, 0.5) is 5.95 Å². The Labute approximate surface area is 164 Å². The van der Waals surface area contributed by atoms with Crippen molar-refractivity contribution in [3.8, 4) is 0 Å². The molecule has 0 radical (unpaired) electrons. The van der Waals surface area contributed by atoms with E-state index in [0.717, 1.165) is 31.2 Å². The number of rotatable bonds is 5. The SMILES string of the molecule is CCn1c(=O)n(C2CCCC2)c2nc(NC3CCN(S(C)(=O)=O)CC3)ncc21. The van der Waals surface area contributed by atoms with Gasteiger partial charge in [0.25, 0.3) is 0 Å². The Hall–Kier alpha value is -1.94. The quantitative estimate of drug-likeness (QED) is 0.806. The van der Waals surface area contributed by atoms with Gasteiger partial charge >= 0.3 is 5.69 Å². The number of nitrogens with one attached hydrogen (secondary N) is 1. The van der Waals surface area contributed by atoms with Crippen molar-refractivity contribution in [2.24, 2.45) is 0 Å². The summed E-state index contributed by atoms with van der Waals surface area (Å²) in [5.41, 5.74) is 1.47. The van der Waals surface area contributed by atoms with Gasteiger partial charge in [0.15, 0.2) is 5.65 Å². The first-order valence-corrected chi connectivity index (χ1v) is 11.9. The summed E-state index contributed by atoms with van der Waals surface area (Å²) in [5, 5.41) is 3.34. The highest BCUT2D eigenvalue weighted by Crippen LogP contribution is 2.31. The average Bonchev–Trinajstić information content (AvgIpc) is 3.26. The third kappa shape index (κ3) is 3.55. The second-order valence-corrected chi connectivity index (χ2v) is 9.80. The molecule has 10 heteroatoms. The first-order valence-electron chi connectivity index (χ1n) is 10.1. The summed E-state index contributed by atoms with van der Waals surface area (Å²) in [6.45, 7) is 3.55. The molecule has 1 N–H and O–H groups in total. The molecule has 0 spiro atoms. The van der Waals surface area contributed by atoms with Gasteiger partial charge in [-0.15, -0.1) is 0 Å². The molecule has 0 aromatic carbocycles. The molecule has 2 aromatic rings. The molecule has 9 nitrogen and oxygen atoms in total. The van der Waals surface area contributed by atoms with E-state index in [2.05, 4.69) is 10.3 Å². The molecule has 1 aliphatic carbocycles. The molecular weight excluding hydrogens is 380 g/mol. The molecule has 0 atom stereocenters. The summed E-state index contributed by atoms with van der Waals surface area (Å²) in [5.74, 6) is 0.505. The highest BCUT2D eigenvalue weighted by atomic mass is 32.2. The van der Waals surface area contributed by atoms with E-state index < -0.39 is 10.0 Å². The average molecular weight is 409 g/mol. The van der Waals surface area contributed by atoms with Crippen LogP contribution in [0.5, 0.6) is 0 Å². The van der Waals surface area contributed by atoms with E-state index in [1.807, 2.05) is 11.5 Å². The van der Waals surface area contributed by atoms with E-state index in [4.69, 9.17) is 4.98 Å². The van der Waals surface area contributed by atoms with Gasteiger partial charge in [0.2, 0.25) is 16.0 Å². The maximum atomic E-state index is 12.9. The van der Waals surface area contributed by atoms with Crippen LogP contribution in [0.25, 0.3) is 11.2 Å². The van der Waals surface area contributed by atoms with Crippen LogP contribution in [-0.4, -0.2) is 57.2 Å². The summed E-state index contributed by atoms with van der Waals surface area (Å²) in [7, 11) is -3.14. The number of aryl methyl sites for hydroxylation is 1. The van der Waals surface area contributed by atoms with Gasteiger partial charge in [0.05, 0.1) is 12.5 Å². The van der Waals surface area contributed by atoms with E-state index in [-0.39, 0.29) is 17.8 Å². The van der Waals surface area contributed by atoms with Gasteiger partial charge in [0.1, 0.15) is 5.52 Å². The zero-order valence-electron chi connectivity index (χ0n) is 16.5. The van der Waals surface area contributed by atoms with Crippen LogP contribution in [0.15, 0.2) is 11.0 Å². The Bertz CT molecular complexity index is 1010. The molecule has 0 amide bonds. The summed E-state index contributed by atoms with van der Waals surface area (Å²) >= 11 is 0. The summed E-state index contributed by atoms with van der Waals surface area (Å²) in [6, 6.07) is 0.332. The minimum atomic E-state index is -3.14. The van der Waals surface area contributed by atoms with Gasteiger partial charge in [-0.1, -0.05) is 12.8 Å². The molecule has 2 aliphatic rings. The highest BCUT2D eigenvalue weighted by Gasteiger charge is 2.27. The topological polar surface area (TPSA) is 102 Å². The van der Waals surface area contributed by atoms with Crippen LogP contribution in [0.3, 0.4) is 0 Å². The third-order valence-corrected chi connectivity index (χ3v) is 7.27. The maximum absolute atomic E-state index is 12.9. The largest absolute Gasteiger partial charge is 0.351 e. The van der Waals surface area contributed by atoms with Crippen LogP contribution in [0, 0.1) is 0 Å². The lowest BCUT2D eigenvalue weighted by Crippen LogP contribution is -2.42. The van der Waals surface area contributed by atoms with Crippen molar-refractivity contribution in [3.63, 3.8) is 0 Å². The second kappa shape index (κ2) is 7.47. The number of anilines is 1. The predicted molar refractivity (Wildman–Crippen MR) is 108 cm³/mol. The normalized spacial score (nSPS) is 20.2. The molecule has 4 rings (SSSR count). The molecule has 2 fully saturated rings. The van der Waals surface area contributed by atoms with E-state index in [1.165, 1.54) is 10.6 Å². The highest BCUT2D eigenvalue weighted by molar-refractivity contribution is 7.88. The summed E-state index contributed by atoms with van der Waals surface area (Å²) < 4.78 is 28.4. The lowest BCUT2D eigenvalue weighted by Gasteiger charge is -2.30. The van der Waals surface area contributed by atoms with Crippen molar-refractivity contribution in [1.29, 1.82) is 0 Å². The fraction of sp³-hybridized carbons (Fsp3) is 0.722. The fourth-order valence-corrected chi connectivity index (χ4v) is 5.31. The molecule has 1 aliphatic heterocycles. The number of fused-ring (bicyclic) bond motifs is 1. The minimum Gasteiger partial charge on any atom is -0.351 e. The number of imidazole rings is 1. The first-order chi connectivity index (χ1) is 13.4. The molecule has 1 saturated heterocycles. The number of piperidine rings is 1. The van der Waals surface area contributed by atoms with Crippen molar-refractivity contribution in [2.45, 2.75) is 64.1 Å². The molecule has 0 bridgehead atoms. The lowest BCUT2D eigenvalue weighted by atomic mass is 10.1. The third-order valence-electron chi connectivity index (χ3n) is 5.97. The number of hydrogen-bond donors (Lipinski definition) is 1. The van der Waals surface area contributed by atoms with E-state index >= 15 is 0 Å². The van der Waals surface area contributed by atoms with E-state index in [1.54, 1.807) is 10.8 Å².